The van der Waals surface area contributed by atoms with E-state index in [2.05, 4.69) is 15.0 Å². The number of anilines is 1. The molecule has 0 aliphatic rings. The minimum atomic E-state index is -3.70. The minimum absolute atomic E-state index is 0.118. The van der Waals surface area contributed by atoms with Crippen LogP contribution >= 0.6 is 0 Å². The van der Waals surface area contributed by atoms with Crippen molar-refractivity contribution < 1.29 is 13.2 Å². The molecule has 28 heavy (non-hydrogen) atoms. The molecule has 144 valence electrons. The molecule has 0 spiro atoms. The lowest BCUT2D eigenvalue weighted by molar-refractivity contribution is -0.114. The maximum Gasteiger partial charge on any atom is 0.240 e. The van der Waals surface area contributed by atoms with Gasteiger partial charge in [0.25, 0.3) is 0 Å². The molecule has 0 saturated carbocycles. The number of hydrogen-bond acceptors (Lipinski definition) is 4. The quantitative estimate of drug-likeness (QED) is 0.669. The fourth-order valence-corrected chi connectivity index (χ4v) is 3.74. The first kappa shape index (κ1) is 19.7. The van der Waals surface area contributed by atoms with Gasteiger partial charge in [0.1, 0.15) is 0 Å². The van der Waals surface area contributed by atoms with E-state index in [1.165, 1.54) is 19.1 Å². The fraction of sp³-hybridized carbons (Fsp3) is 0.143. The van der Waals surface area contributed by atoms with Gasteiger partial charge in [-0.3, -0.25) is 9.78 Å². The van der Waals surface area contributed by atoms with Crippen LogP contribution in [0, 0.1) is 6.92 Å². The predicted octanol–water partition coefficient (Wildman–Crippen LogP) is 3.49. The highest BCUT2D eigenvalue weighted by atomic mass is 32.2. The summed E-state index contributed by atoms with van der Waals surface area (Å²) in [5.41, 5.74) is 4.14. The van der Waals surface area contributed by atoms with E-state index in [0.717, 1.165) is 22.4 Å². The monoisotopic (exact) mass is 395 g/mol. The van der Waals surface area contributed by atoms with E-state index >= 15 is 0 Å². The molecule has 0 saturated heterocycles. The zero-order valence-corrected chi connectivity index (χ0v) is 16.5. The summed E-state index contributed by atoms with van der Waals surface area (Å²) in [5, 5.41) is 2.61. The van der Waals surface area contributed by atoms with Crippen LogP contribution in [0.2, 0.25) is 0 Å². The summed E-state index contributed by atoms with van der Waals surface area (Å²) in [6.45, 7) is 3.52. The molecular formula is C21H21N3O3S. The first-order valence-corrected chi connectivity index (χ1v) is 10.2. The van der Waals surface area contributed by atoms with Crippen LogP contribution in [0.1, 0.15) is 18.1 Å². The van der Waals surface area contributed by atoms with Crippen LogP contribution in [-0.2, 0) is 21.4 Å². The average Bonchev–Trinajstić information content (AvgIpc) is 2.67. The van der Waals surface area contributed by atoms with E-state index in [-0.39, 0.29) is 17.3 Å². The van der Waals surface area contributed by atoms with Crippen molar-refractivity contribution in [2.24, 2.45) is 0 Å². The van der Waals surface area contributed by atoms with E-state index in [4.69, 9.17) is 0 Å². The average molecular weight is 395 g/mol. The van der Waals surface area contributed by atoms with E-state index in [9.17, 15) is 13.2 Å². The van der Waals surface area contributed by atoms with Gasteiger partial charge in [-0.2, -0.15) is 0 Å². The number of carbonyl (C=O) groups excluding carboxylic acids is 1. The van der Waals surface area contributed by atoms with Crippen molar-refractivity contribution >= 4 is 21.6 Å². The molecule has 2 N–H and O–H groups in total. The molecule has 1 amide bonds. The van der Waals surface area contributed by atoms with Gasteiger partial charge in [-0.05, 0) is 42.8 Å². The molecule has 0 bridgehead atoms. The van der Waals surface area contributed by atoms with Gasteiger partial charge in [-0.1, -0.05) is 35.9 Å². The number of aromatic nitrogens is 1. The third-order valence-corrected chi connectivity index (χ3v) is 5.57. The predicted molar refractivity (Wildman–Crippen MR) is 109 cm³/mol. The van der Waals surface area contributed by atoms with Gasteiger partial charge in [0, 0.05) is 30.9 Å². The van der Waals surface area contributed by atoms with Gasteiger partial charge >= 0.3 is 0 Å². The van der Waals surface area contributed by atoms with Crippen molar-refractivity contribution in [1.29, 1.82) is 0 Å². The van der Waals surface area contributed by atoms with Crippen LogP contribution in [0.3, 0.4) is 0 Å². The van der Waals surface area contributed by atoms with Crippen LogP contribution in [0.4, 0.5) is 5.69 Å². The summed E-state index contributed by atoms with van der Waals surface area (Å²) in [6, 6.07) is 17.6. The van der Waals surface area contributed by atoms with Crippen molar-refractivity contribution in [3.05, 3.63) is 78.0 Å². The molecule has 7 heteroatoms. The second-order valence-electron chi connectivity index (χ2n) is 6.41. The lowest BCUT2D eigenvalue weighted by atomic mass is 10.0. The number of nitrogens with zero attached hydrogens (tertiary/aromatic N) is 1. The Kier molecular flexibility index (Phi) is 5.87. The maximum absolute atomic E-state index is 12.6. The fourth-order valence-electron chi connectivity index (χ4n) is 2.73. The summed E-state index contributed by atoms with van der Waals surface area (Å²) >= 11 is 0. The van der Waals surface area contributed by atoms with Gasteiger partial charge in [0.15, 0.2) is 0 Å². The van der Waals surface area contributed by atoms with Crippen LogP contribution in [0.25, 0.3) is 11.3 Å². The van der Waals surface area contributed by atoms with E-state index < -0.39 is 10.0 Å². The molecule has 3 aromatic rings. The van der Waals surface area contributed by atoms with E-state index in [1.54, 1.807) is 24.4 Å². The summed E-state index contributed by atoms with van der Waals surface area (Å²) < 4.78 is 27.8. The number of pyridine rings is 1. The maximum atomic E-state index is 12.6. The van der Waals surface area contributed by atoms with Crippen molar-refractivity contribution in [1.82, 2.24) is 9.71 Å². The first-order valence-electron chi connectivity index (χ1n) is 8.73. The van der Waals surface area contributed by atoms with Gasteiger partial charge in [0.05, 0.1) is 10.6 Å². The molecule has 0 aliphatic carbocycles. The third-order valence-electron chi connectivity index (χ3n) is 4.15. The Morgan fingerprint density at radius 3 is 2.32 bits per heavy atom. The molecule has 0 fully saturated rings. The van der Waals surface area contributed by atoms with Crippen molar-refractivity contribution in [2.75, 3.05) is 5.32 Å². The second kappa shape index (κ2) is 8.33. The van der Waals surface area contributed by atoms with Crippen molar-refractivity contribution in [2.45, 2.75) is 25.3 Å². The Morgan fingerprint density at radius 2 is 1.68 bits per heavy atom. The number of nitrogens with one attached hydrogen (secondary N) is 2. The van der Waals surface area contributed by atoms with Gasteiger partial charge in [-0.15, -0.1) is 0 Å². The topological polar surface area (TPSA) is 88.2 Å². The highest BCUT2D eigenvalue weighted by molar-refractivity contribution is 7.89. The molecular weight excluding hydrogens is 374 g/mol. The molecule has 6 nitrogen and oxygen atoms in total. The molecule has 1 aromatic heterocycles. The lowest BCUT2D eigenvalue weighted by Crippen LogP contribution is -2.23. The SMILES string of the molecule is CC(=O)Nc1ccc(S(=O)(=O)NCc2cccnc2-c2ccc(C)cc2)cc1. The smallest absolute Gasteiger partial charge is 0.240 e. The van der Waals surface area contributed by atoms with Gasteiger partial charge < -0.3 is 5.32 Å². The van der Waals surface area contributed by atoms with Crippen LogP contribution < -0.4 is 10.0 Å². The molecule has 0 aliphatic heterocycles. The zero-order valence-electron chi connectivity index (χ0n) is 15.6. The molecule has 1 heterocycles. The molecule has 0 unspecified atom stereocenters. The summed E-state index contributed by atoms with van der Waals surface area (Å²) in [5.74, 6) is -0.214. The number of benzene rings is 2. The Balaban J connectivity index is 1.78. The lowest BCUT2D eigenvalue weighted by Gasteiger charge is -2.11. The Bertz CT molecular complexity index is 1080. The number of aryl methyl sites for hydroxylation is 1. The number of rotatable bonds is 6. The van der Waals surface area contributed by atoms with Crippen molar-refractivity contribution in [3.63, 3.8) is 0 Å². The van der Waals surface area contributed by atoms with Gasteiger partial charge in [-0.25, -0.2) is 13.1 Å². The van der Waals surface area contributed by atoms with Crippen molar-refractivity contribution in [3.8, 4) is 11.3 Å². The summed E-state index contributed by atoms with van der Waals surface area (Å²) in [6.07, 6.45) is 1.69. The first-order chi connectivity index (χ1) is 13.3. The largest absolute Gasteiger partial charge is 0.326 e. The number of carbonyl (C=O) groups is 1. The highest BCUT2D eigenvalue weighted by Crippen LogP contribution is 2.22. The second-order valence-corrected chi connectivity index (χ2v) is 8.17. The molecule has 0 radical (unpaired) electrons. The Labute approximate surface area is 164 Å². The highest BCUT2D eigenvalue weighted by Gasteiger charge is 2.15. The van der Waals surface area contributed by atoms with Crippen LogP contribution in [0.5, 0.6) is 0 Å². The standard InChI is InChI=1S/C21H21N3O3S/c1-15-5-7-17(8-6-15)21-18(4-3-13-22-21)14-23-28(26,27)20-11-9-19(10-12-20)24-16(2)25/h3-13,23H,14H2,1-2H3,(H,24,25). The van der Waals surface area contributed by atoms with E-state index in [0.29, 0.717) is 5.69 Å². The number of hydrogen-bond donors (Lipinski definition) is 2. The molecule has 3 rings (SSSR count). The normalized spacial score (nSPS) is 11.2. The van der Waals surface area contributed by atoms with Gasteiger partial charge in [0.2, 0.25) is 15.9 Å². The van der Waals surface area contributed by atoms with Crippen LogP contribution in [-0.4, -0.2) is 19.3 Å². The summed E-state index contributed by atoms with van der Waals surface area (Å²) in [4.78, 5) is 15.6. The minimum Gasteiger partial charge on any atom is -0.326 e. The number of amides is 1. The zero-order chi connectivity index (χ0) is 20.1. The van der Waals surface area contributed by atoms with E-state index in [1.807, 2.05) is 37.3 Å². The number of sulfonamides is 1. The Hall–Kier alpha value is -3.03. The van der Waals surface area contributed by atoms with Crippen LogP contribution in [0.15, 0.2) is 71.8 Å². The Morgan fingerprint density at radius 1 is 1.00 bits per heavy atom. The molecule has 2 aromatic carbocycles. The summed E-state index contributed by atoms with van der Waals surface area (Å²) in [7, 11) is -3.70. The molecule has 0 atom stereocenters. The third kappa shape index (κ3) is 4.82.